The van der Waals surface area contributed by atoms with Gasteiger partial charge in [-0.05, 0) is 44.2 Å². The number of thioether (sulfide) groups is 1. The summed E-state index contributed by atoms with van der Waals surface area (Å²) in [6.45, 7) is 7.49. The number of amides is 3. The number of para-hydroxylation sites is 1. The first kappa shape index (κ1) is 24.4. The summed E-state index contributed by atoms with van der Waals surface area (Å²) in [4.78, 5) is 42.4. The summed E-state index contributed by atoms with van der Waals surface area (Å²) in [6.07, 6.45) is 1.40. The molecule has 3 amide bonds. The molecule has 9 heteroatoms. The lowest BCUT2D eigenvalue weighted by atomic mass is 9.66. The Morgan fingerprint density at radius 2 is 2.00 bits per heavy atom. The van der Waals surface area contributed by atoms with Gasteiger partial charge in [0.2, 0.25) is 17.7 Å². The number of aryl methyl sites for hydroxylation is 1. The minimum atomic E-state index is -0.813. The molecule has 6 atom stereocenters. The van der Waals surface area contributed by atoms with Crippen molar-refractivity contribution in [3.8, 4) is 0 Å². The quantitative estimate of drug-likeness (QED) is 0.566. The monoisotopic (exact) mass is 493 g/mol. The molecular formula is C24H32ClN3O4S. The van der Waals surface area contributed by atoms with E-state index >= 15 is 0 Å². The number of likely N-dealkylation sites (tertiary alicyclic amines) is 1. The summed E-state index contributed by atoms with van der Waals surface area (Å²) < 4.78 is -1.15. The number of fused-ring (bicyclic) bond motifs is 1. The molecule has 0 radical (unpaired) electrons. The van der Waals surface area contributed by atoms with Crippen LogP contribution in [0.5, 0.6) is 0 Å². The topological polar surface area (TPSA) is 98.7 Å². The van der Waals surface area contributed by atoms with E-state index in [9.17, 15) is 19.5 Å². The normalized spacial score (nSPS) is 33.4. The number of hydrogen-bond donors (Lipinski definition) is 3. The number of anilines is 1. The summed E-state index contributed by atoms with van der Waals surface area (Å²) >= 11 is 7.99. The number of carbonyl (C=O) groups excluding carboxylic acids is 3. The minimum absolute atomic E-state index is 0.0669. The molecule has 33 heavy (non-hydrogen) atoms. The van der Waals surface area contributed by atoms with Crippen LogP contribution in [-0.2, 0) is 14.4 Å². The molecular weight excluding hydrogens is 462 g/mol. The second kappa shape index (κ2) is 8.47. The van der Waals surface area contributed by atoms with Gasteiger partial charge < -0.3 is 20.6 Å². The number of halogens is 1. The first-order valence-electron chi connectivity index (χ1n) is 11.4. The molecule has 3 aliphatic rings. The maximum absolute atomic E-state index is 14.0. The molecule has 3 fully saturated rings. The van der Waals surface area contributed by atoms with Crippen LogP contribution >= 0.6 is 23.4 Å². The predicted octanol–water partition coefficient (Wildman–Crippen LogP) is 2.83. The third-order valence-electron chi connectivity index (χ3n) is 7.78. The molecule has 1 aromatic rings. The van der Waals surface area contributed by atoms with Crippen molar-refractivity contribution in [2.24, 2.45) is 17.8 Å². The van der Waals surface area contributed by atoms with Crippen molar-refractivity contribution >= 4 is 46.8 Å². The van der Waals surface area contributed by atoms with Gasteiger partial charge in [-0.25, -0.2) is 0 Å². The molecule has 7 nitrogen and oxygen atoms in total. The highest BCUT2D eigenvalue weighted by atomic mass is 35.5. The molecule has 3 aliphatic heterocycles. The zero-order valence-electron chi connectivity index (χ0n) is 19.6. The lowest BCUT2D eigenvalue weighted by Gasteiger charge is -2.38. The zero-order valence-corrected chi connectivity index (χ0v) is 21.2. The van der Waals surface area contributed by atoms with Crippen LogP contribution in [0.25, 0.3) is 0 Å². The van der Waals surface area contributed by atoms with Gasteiger partial charge in [0.15, 0.2) is 0 Å². The molecule has 3 heterocycles. The van der Waals surface area contributed by atoms with E-state index in [4.69, 9.17) is 11.6 Å². The summed E-state index contributed by atoms with van der Waals surface area (Å²) in [5.74, 6) is -1.92. The van der Waals surface area contributed by atoms with Gasteiger partial charge in [0, 0.05) is 11.8 Å². The number of benzene rings is 1. The largest absolute Gasteiger partial charge is 0.394 e. The van der Waals surface area contributed by atoms with Crippen molar-refractivity contribution in [2.75, 3.05) is 19.0 Å². The second-order valence-corrected chi connectivity index (χ2v) is 12.3. The van der Waals surface area contributed by atoms with Crippen LogP contribution in [-0.4, -0.2) is 63.0 Å². The highest BCUT2D eigenvalue weighted by Crippen LogP contribution is 2.71. The zero-order chi connectivity index (χ0) is 24.3. The average molecular weight is 494 g/mol. The van der Waals surface area contributed by atoms with Crippen LogP contribution in [0.4, 0.5) is 5.69 Å². The minimum Gasteiger partial charge on any atom is -0.394 e. The highest BCUT2D eigenvalue weighted by Gasteiger charge is 2.77. The fourth-order valence-corrected chi connectivity index (χ4v) is 8.79. The van der Waals surface area contributed by atoms with Crippen molar-refractivity contribution < 1.29 is 19.5 Å². The lowest BCUT2D eigenvalue weighted by Crippen LogP contribution is -2.56. The molecule has 1 aromatic carbocycles. The van der Waals surface area contributed by atoms with Crippen molar-refractivity contribution in [1.82, 2.24) is 10.2 Å². The first-order chi connectivity index (χ1) is 15.5. The fourth-order valence-electron chi connectivity index (χ4n) is 6.18. The van der Waals surface area contributed by atoms with Crippen LogP contribution in [0.15, 0.2) is 18.2 Å². The van der Waals surface area contributed by atoms with E-state index in [2.05, 4.69) is 10.6 Å². The summed E-state index contributed by atoms with van der Waals surface area (Å²) in [6, 6.07) is 4.05. The van der Waals surface area contributed by atoms with Gasteiger partial charge >= 0.3 is 0 Å². The van der Waals surface area contributed by atoms with E-state index in [1.165, 1.54) is 0 Å². The standard InChI is InChI=1S/C24H32ClN3O4S/c1-12(2)15(11-29)28-19(21(31)27-18-13(3)7-6-8-14(18)25)24-10-9-23(4,33-24)16(20(30)26-5)17(24)22(28)32/h6-8,12,15-17,19,29H,9-11H2,1-5H3,(H,26,30)(H,27,31)/t15-,16+,17-,19?,23-,24?/m0/s1. The van der Waals surface area contributed by atoms with Gasteiger partial charge in [-0.1, -0.05) is 37.6 Å². The van der Waals surface area contributed by atoms with Gasteiger partial charge in [0.1, 0.15) is 6.04 Å². The van der Waals surface area contributed by atoms with Crippen molar-refractivity contribution in [3.63, 3.8) is 0 Å². The third-order valence-corrected chi connectivity index (χ3v) is 10.1. The summed E-state index contributed by atoms with van der Waals surface area (Å²) in [5, 5.41) is 16.4. The highest BCUT2D eigenvalue weighted by molar-refractivity contribution is 8.02. The van der Waals surface area contributed by atoms with Crippen molar-refractivity contribution in [2.45, 2.75) is 62.1 Å². The van der Waals surface area contributed by atoms with Crippen LogP contribution in [0.1, 0.15) is 39.2 Å². The number of aliphatic hydroxyl groups is 1. The van der Waals surface area contributed by atoms with E-state index in [1.807, 2.05) is 39.8 Å². The Balaban J connectivity index is 1.82. The third kappa shape index (κ3) is 3.48. The van der Waals surface area contributed by atoms with Crippen LogP contribution in [0, 0.1) is 24.7 Å². The Kier molecular flexibility index (Phi) is 6.25. The summed E-state index contributed by atoms with van der Waals surface area (Å²) in [7, 11) is 1.58. The smallest absolute Gasteiger partial charge is 0.248 e. The molecule has 2 bridgehead atoms. The van der Waals surface area contributed by atoms with E-state index in [1.54, 1.807) is 29.8 Å². The fraction of sp³-hybridized carbons (Fsp3) is 0.625. The van der Waals surface area contributed by atoms with Gasteiger partial charge in [-0.2, -0.15) is 0 Å². The molecule has 0 saturated carbocycles. The lowest BCUT2D eigenvalue weighted by molar-refractivity contribution is -0.143. The first-order valence-corrected chi connectivity index (χ1v) is 12.6. The molecule has 1 spiro atoms. The van der Waals surface area contributed by atoms with Crippen molar-refractivity contribution in [3.05, 3.63) is 28.8 Å². The van der Waals surface area contributed by atoms with Gasteiger partial charge in [0.05, 0.1) is 39.9 Å². The van der Waals surface area contributed by atoms with E-state index in [0.717, 1.165) is 12.0 Å². The Morgan fingerprint density at radius 1 is 1.30 bits per heavy atom. The van der Waals surface area contributed by atoms with Crippen LogP contribution < -0.4 is 10.6 Å². The molecule has 3 saturated heterocycles. The SMILES string of the molecule is CNC(=O)[C@H]1[C@H]2C(=O)N([C@@H](CO)C(C)C)C(C(=O)Nc3c(C)cccc3Cl)C23CC[C@]1(C)S3. The number of aliphatic hydroxyl groups excluding tert-OH is 1. The molecule has 4 rings (SSSR count). The van der Waals surface area contributed by atoms with Gasteiger partial charge in [-0.15, -0.1) is 11.8 Å². The Hall–Kier alpha value is -1.77. The van der Waals surface area contributed by atoms with E-state index < -0.39 is 33.4 Å². The maximum atomic E-state index is 14.0. The number of nitrogens with one attached hydrogen (secondary N) is 2. The van der Waals surface area contributed by atoms with Gasteiger partial charge in [0.25, 0.3) is 0 Å². The number of rotatable bonds is 6. The summed E-state index contributed by atoms with van der Waals surface area (Å²) in [5.41, 5.74) is 1.34. The molecule has 180 valence electrons. The molecule has 2 unspecified atom stereocenters. The number of carbonyl (C=O) groups is 3. The average Bonchev–Trinajstić information content (AvgIpc) is 3.32. The number of nitrogens with zero attached hydrogens (tertiary/aromatic N) is 1. The molecule has 3 N–H and O–H groups in total. The maximum Gasteiger partial charge on any atom is 0.248 e. The van der Waals surface area contributed by atoms with Crippen LogP contribution in [0.2, 0.25) is 5.02 Å². The molecule has 0 aliphatic carbocycles. The van der Waals surface area contributed by atoms with E-state index in [-0.39, 0.29) is 30.2 Å². The van der Waals surface area contributed by atoms with Crippen LogP contribution in [0.3, 0.4) is 0 Å². The Bertz CT molecular complexity index is 984. The second-order valence-electron chi connectivity index (χ2n) is 10.0. The van der Waals surface area contributed by atoms with Gasteiger partial charge in [-0.3, -0.25) is 14.4 Å². The van der Waals surface area contributed by atoms with Crippen molar-refractivity contribution in [1.29, 1.82) is 0 Å². The Morgan fingerprint density at radius 3 is 2.58 bits per heavy atom. The van der Waals surface area contributed by atoms with E-state index in [0.29, 0.717) is 17.1 Å². The Labute approximate surface area is 204 Å². The predicted molar refractivity (Wildman–Crippen MR) is 130 cm³/mol. The molecule has 0 aromatic heterocycles. The number of hydrogen-bond acceptors (Lipinski definition) is 5.